The monoisotopic (exact) mass is 360 g/mol. The highest BCUT2D eigenvalue weighted by atomic mass is 79.9. The van der Waals surface area contributed by atoms with Gasteiger partial charge in [0.1, 0.15) is 0 Å². The molecule has 1 atom stereocenters. The Morgan fingerprint density at radius 1 is 1.29 bits per heavy atom. The van der Waals surface area contributed by atoms with E-state index in [0.717, 1.165) is 9.37 Å². The first-order chi connectivity index (χ1) is 10.1. The van der Waals surface area contributed by atoms with Crippen molar-refractivity contribution in [1.29, 1.82) is 5.26 Å². The van der Waals surface area contributed by atoms with Gasteiger partial charge in [0.25, 0.3) is 0 Å². The highest BCUT2D eigenvalue weighted by molar-refractivity contribution is 9.10. The quantitative estimate of drug-likeness (QED) is 0.819. The Labute approximate surface area is 136 Å². The molecule has 5 heteroatoms. The third kappa shape index (κ3) is 4.35. The van der Waals surface area contributed by atoms with Crippen LogP contribution in [0.4, 0.5) is 5.69 Å². The number of anilines is 1. The molecule has 0 aliphatic heterocycles. The number of nitrogens with one attached hydrogen (secondary N) is 1. The highest BCUT2D eigenvalue weighted by Crippen LogP contribution is 2.30. The fourth-order valence-corrected chi connectivity index (χ4v) is 3.14. The summed E-state index contributed by atoms with van der Waals surface area (Å²) < 4.78 is 0.973. The van der Waals surface area contributed by atoms with Crippen LogP contribution in [0.25, 0.3) is 0 Å². The number of hydrogen-bond acceptors (Lipinski definition) is 3. The zero-order valence-corrected chi connectivity index (χ0v) is 13.7. The topological polar surface area (TPSA) is 52.9 Å². The summed E-state index contributed by atoms with van der Waals surface area (Å²) in [7, 11) is 0. The van der Waals surface area contributed by atoms with Gasteiger partial charge >= 0.3 is 0 Å². The van der Waals surface area contributed by atoms with Crippen molar-refractivity contribution in [3.05, 3.63) is 58.6 Å². The molecule has 0 aliphatic carbocycles. The number of rotatable bonds is 4. The lowest BCUT2D eigenvalue weighted by atomic mass is 10.2. The van der Waals surface area contributed by atoms with Crippen molar-refractivity contribution in [1.82, 2.24) is 0 Å². The summed E-state index contributed by atoms with van der Waals surface area (Å²) in [5.41, 5.74) is 1.16. The van der Waals surface area contributed by atoms with Gasteiger partial charge in [0, 0.05) is 15.1 Å². The number of halogens is 1. The van der Waals surface area contributed by atoms with E-state index in [0.29, 0.717) is 11.3 Å². The number of carbonyl (C=O) groups is 1. The number of benzene rings is 2. The van der Waals surface area contributed by atoms with E-state index < -0.39 is 0 Å². The Hall–Kier alpha value is -1.77. The van der Waals surface area contributed by atoms with Crippen LogP contribution in [0.2, 0.25) is 0 Å². The van der Waals surface area contributed by atoms with E-state index in [4.69, 9.17) is 5.26 Å². The molecule has 0 fully saturated rings. The molecule has 2 aromatic carbocycles. The lowest BCUT2D eigenvalue weighted by molar-refractivity contribution is -0.115. The van der Waals surface area contributed by atoms with Gasteiger partial charge in [-0.2, -0.15) is 5.26 Å². The van der Waals surface area contributed by atoms with Crippen molar-refractivity contribution < 1.29 is 4.79 Å². The first-order valence-electron chi connectivity index (χ1n) is 6.32. The number of thioether (sulfide) groups is 1. The van der Waals surface area contributed by atoms with Crippen molar-refractivity contribution in [3.63, 3.8) is 0 Å². The van der Waals surface area contributed by atoms with E-state index in [9.17, 15) is 4.79 Å². The Morgan fingerprint density at radius 3 is 2.76 bits per heavy atom. The molecule has 21 heavy (non-hydrogen) atoms. The van der Waals surface area contributed by atoms with Crippen LogP contribution in [-0.2, 0) is 4.79 Å². The van der Waals surface area contributed by atoms with Crippen LogP contribution in [0.15, 0.2) is 57.9 Å². The van der Waals surface area contributed by atoms with Crippen LogP contribution in [0.5, 0.6) is 0 Å². The molecule has 0 saturated heterocycles. The molecular weight excluding hydrogens is 348 g/mol. The molecule has 0 radical (unpaired) electrons. The van der Waals surface area contributed by atoms with Gasteiger partial charge in [-0.1, -0.05) is 18.2 Å². The maximum atomic E-state index is 12.2. The molecule has 0 bridgehead atoms. The minimum Gasteiger partial charge on any atom is -0.325 e. The summed E-state index contributed by atoms with van der Waals surface area (Å²) >= 11 is 4.95. The molecule has 2 aromatic rings. The summed E-state index contributed by atoms with van der Waals surface area (Å²) in [6.45, 7) is 1.85. The molecule has 0 saturated carbocycles. The third-order valence-electron chi connectivity index (χ3n) is 2.77. The number of hydrogen-bond donors (Lipinski definition) is 1. The summed E-state index contributed by atoms with van der Waals surface area (Å²) in [5.74, 6) is -0.0918. The van der Waals surface area contributed by atoms with Gasteiger partial charge in [-0.3, -0.25) is 4.79 Å². The van der Waals surface area contributed by atoms with Gasteiger partial charge in [0.05, 0.1) is 16.9 Å². The van der Waals surface area contributed by atoms with Crippen molar-refractivity contribution in [2.75, 3.05) is 5.32 Å². The summed E-state index contributed by atoms with van der Waals surface area (Å²) in [4.78, 5) is 13.2. The van der Waals surface area contributed by atoms with Gasteiger partial charge in [0.15, 0.2) is 0 Å². The molecular formula is C16H13BrN2OS. The average molecular weight is 361 g/mol. The molecule has 0 heterocycles. The molecule has 0 aromatic heterocycles. The van der Waals surface area contributed by atoms with Crippen molar-refractivity contribution in [2.24, 2.45) is 0 Å². The lowest BCUT2D eigenvalue weighted by Crippen LogP contribution is -2.22. The van der Waals surface area contributed by atoms with Gasteiger partial charge in [-0.05, 0) is 53.2 Å². The number of nitriles is 1. The maximum Gasteiger partial charge on any atom is 0.237 e. The third-order valence-corrected chi connectivity index (χ3v) is 4.90. The van der Waals surface area contributed by atoms with Crippen molar-refractivity contribution in [3.8, 4) is 6.07 Å². The summed E-state index contributed by atoms with van der Waals surface area (Å²) in [6.07, 6.45) is 0. The highest BCUT2D eigenvalue weighted by Gasteiger charge is 2.15. The van der Waals surface area contributed by atoms with Crippen molar-refractivity contribution >= 4 is 39.3 Å². The van der Waals surface area contributed by atoms with Crippen molar-refractivity contribution in [2.45, 2.75) is 17.1 Å². The van der Waals surface area contributed by atoms with Crippen LogP contribution < -0.4 is 5.32 Å². The molecule has 1 amide bonds. The van der Waals surface area contributed by atoms with Crippen LogP contribution in [0, 0.1) is 11.3 Å². The molecule has 1 N–H and O–H groups in total. The minimum absolute atomic E-state index is 0.0918. The maximum absolute atomic E-state index is 12.2. The second-order valence-electron chi connectivity index (χ2n) is 4.37. The van der Waals surface area contributed by atoms with E-state index in [1.807, 2.05) is 31.2 Å². The number of amides is 1. The fourth-order valence-electron chi connectivity index (χ4n) is 1.69. The second-order valence-corrected chi connectivity index (χ2v) is 6.61. The Morgan fingerprint density at radius 2 is 2.05 bits per heavy atom. The fraction of sp³-hybridized carbons (Fsp3) is 0.125. The number of nitrogens with zero attached hydrogens (tertiary/aromatic N) is 1. The van der Waals surface area contributed by atoms with E-state index in [1.165, 1.54) is 11.8 Å². The van der Waals surface area contributed by atoms with Crippen LogP contribution in [-0.4, -0.2) is 11.2 Å². The molecule has 3 nitrogen and oxygen atoms in total. The van der Waals surface area contributed by atoms with Crippen LogP contribution in [0.3, 0.4) is 0 Å². The molecule has 0 aliphatic rings. The Balaban J connectivity index is 2.03. The SMILES string of the molecule is CC(Sc1ccccc1Br)C(=O)Nc1cccc(C#N)c1. The number of carbonyl (C=O) groups excluding carboxylic acids is 1. The van der Waals surface area contributed by atoms with Gasteiger partial charge < -0.3 is 5.32 Å². The van der Waals surface area contributed by atoms with E-state index in [2.05, 4.69) is 27.3 Å². The second kappa shape index (κ2) is 7.30. The van der Waals surface area contributed by atoms with Crippen LogP contribution in [0.1, 0.15) is 12.5 Å². The predicted octanol–water partition coefficient (Wildman–Crippen LogP) is 4.44. The van der Waals surface area contributed by atoms with E-state index in [-0.39, 0.29) is 11.2 Å². The molecule has 1 unspecified atom stereocenters. The van der Waals surface area contributed by atoms with E-state index >= 15 is 0 Å². The molecule has 2 rings (SSSR count). The largest absolute Gasteiger partial charge is 0.325 e. The molecule has 0 spiro atoms. The standard InChI is InChI=1S/C16H13BrN2OS/c1-11(21-15-8-3-2-7-14(15)17)16(20)19-13-6-4-5-12(9-13)10-18/h2-9,11H,1H3,(H,19,20). The van der Waals surface area contributed by atoms with Gasteiger partial charge in [-0.15, -0.1) is 11.8 Å². The normalized spacial score (nSPS) is 11.5. The van der Waals surface area contributed by atoms with Crippen LogP contribution >= 0.6 is 27.7 Å². The minimum atomic E-state index is -0.241. The average Bonchev–Trinajstić information content (AvgIpc) is 2.49. The van der Waals surface area contributed by atoms with Gasteiger partial charge in [-0.25, -0.2) is 0 Å². The first kappa shape index (κ1) is 15.6. The summed E-state index contributed by atoms with van der Waals surface area (Å²) in [5, 5.41) is 11.4. The predicted molar refractivity (Wildman–Crippen MR) is 89.2 cm³/mol. The summed E-state index contributed by atoms with van der Waals surface area (Å²) in [6, 6.07) is 16.7. The smallest absolute Gasteiger partial charge is 0.237 e. The lowest BCUT2D eigenvalue weighted by Gasteiger charge is -2.13. The Kier molecular flexibility index (Phi) is 5.43. The zero-order chi connectivity index (χ0) is 15.2. The zero-order valence-electron chi connectivity index (χ0n) is 11.3. The van der Waals surface area contributed by atoms with Gasteiger partial charge in [0.2, 0.25) is 5.91 Å². The van der Waals surface area contributed by atoms with E-state index in [1.54, 1.807) is 24.3 Å². The molecule has 106 valence electrons. The Bertz CT molecular complexity index is 697. The first-order valence-corrected chi connectivity index (χ1v) is 7.99.